The summed E-state index contributed by atoms with van der Waals surface area (Å²) < 4.78 is 0. The molecule has 3 aromatic rings. The first-order chi connectivity index (χ1) is 10.7. The van der Waals surface area contributed by atoms with E-state index in [1.54, 1.807) is 12.4 Å². The standard InChI is InChI=1S/C18H16N2O2/c1-13-7-5-6-10-15(13)18(17(21)22,16-19-11-12-20-16)14-8-3-2-4-9-14/h2-12H,1H3,(H,19,20)(H,21,22). The van der Waals surface area contributed by atoms with Crippen molar-refractivity contribution in [1.29, 1.82) is 0 Å². The quantitative estimate of drug-likeness (QED) is 0.776. The zero-order valence-corrected chi connectivity index (χ0v) is 12.2. The third-order valence-electron chi connectivity index (χ3n) is 3.93. The number of nitrogens with zero attached hydrogens (tertiary/aromatic N) is 1. The Balaban J connectivity index is 2.41. The van der Waals surface area contributed by atoms with Gasteiger partial charge in [-0.05, 0) is 23.6 Å². The minimum absolute atomic E-state index is 0.403. The van der Waals surface area contributed by atoms with Crippen LogP contribution in [-0.4, -0.2) is 21.0 Å². The molecule has 0 fully saturated rings. The largest absolute Gasteiger partial charge is 0.480 e. The van der Waals surface area contributed by atoms with Crippen LogP contribution in [0.1, 0.15) is 22.5 Å². The second-order valence-electron chi connectivity index (χ2n) is 5.17. The first-order valence-electron chi connectivity index (χ1n) is 7.02. The second kappa shape index (κ2) is 5.48. The second-order valence-corrected chi connectivity index (χ2v) is 5.17. The van der Waals surface area contributed by atoms with E-state index < -0.39 is 11.4 Å². The van der Waals surface area contributed by atoms with Crippen LogP contribution in [-0.2, 0) is 10.2 Å². The van der Waals surface area contributed by atoms with E-state index in [2.05, 4.69) is 9.97 Å². The molecule has 22 heavy (non-hydrogen) atoms. The highest BCUT2D eigenvalue weighted by Crippen LogP contribution is 2.39. The zero-order valence-electron chi connectivity index (χ0n) is 12.2. The van der Waals surface area contributed by atoms with Crippen LogP contribution < -0.4 is 0 Å². The van der Waals surface area contributed by atoms with Gasteiger partial charge in [-0.25, -0.2) is 4.98 Å². The minimum atomic E-state index is -1.35. The van der Waals surface area contributed by atoms with Crippen molar-refractivity contribution in [2.45, 2.75) is 12.3 Å². The maximum Gasteiger partial charge on any atom is 0.326 e. The first-order valence-corrected chi connectivity index (χ1v) is 7.02. The van der Waals surface area contributed by atoms with E-state index in [1.165, 1.54) is 0 Å². The predicted molar refractivity (Wildman–Crippen MR) is 83.7 cm³/mol. The molecule has 1 atom stereocenters. The molecule has 0 spiro atoms. The van der Waals surface area contributed by atoms with Crippen molar-refractivity contribution in [3.05, 3.63) is 89.5 Å². The average Bonchev–Trinajstić information content (AvgIpc) is 3.05. The molecule has 4 heteroatoms. The Morgan fingerprint density at radius 3 is 2.36 bits per heavy atom. The summed E-state index contributed by atoms with van der Waals surface area (Å²) in [4.78, 5) is 19.7. The number of carbonyl (C=O) groups is 1. The van der Waals surface area contributed by atoms with Crippen LogP contribution in [0.4, 0.5) is 0 Å². The molecule has 0 bridgehead atoms. The number of carboxylic acid groups (broad SMARTS) is 1. The summed E-state index contributed by atoms with van der Waals surface area (Å²) in [7, 11) is 0. The lowest BCUT2D eigenvalue weighted by molar-refractivity contribution is -0.140. The molecule has 0 aliphatic heterocycles. The van der Waals surface area contributed by atoms with Crippen molar-refractivity contribution in [3.8, 4) is 0 Å². The summed E-state index contributed by atoms with van der Waals surface area (Å²) in [6.07, 6.45) is 3.22. The Morgan fingerprint density at radius 1 is 1.09 bits per heavy atom. The molecular weight excluding hydrogens is 276 g/mol. The van der Waals surface area contributed by atoms with Gasteiger partial charge in [-0.1, -0.05) is 54.6 Å². The molecule has 1 unspecified atom stereocenters. The number of aromatic amines is 1. The highest BCUT2D eigenvalue weighted by atomic mass is 16.4. The number of hydrogen-bond acceptors (Lipinski definition) is 2. The maximum atomic E-state index is 12.4. The molecule has 0 saturated carbocycles. The Morgan fingerprint density at radius 2 is 1.77 bits per heavy atom. The molecule has 3 rings (SSSR count). The Bertz CT molecular complexity index is 782. The zero-order chi connectivity index (χ0) is 15.6. The van der Waals surface area contributed by atoms with Gasteiger partial charge in [-0.3, -0.25) is 4.79 Å². The number of benzene rings is 2. The first kappa shape index (κ1) is 14.1. The third kappa shape index (κ3) is 2.00. The maximum absolute atomic E-state index is 12.4. The van der Waals surface area contributed by atoms with Crippen LogP contribution in [0.2, 0.25) is 0 Å². The SMILES string of the molecule is Cc1ccccc1C(C(=O)O)(c1ccccc1)c1ncc[nH]1. The Labute approximate surface area is 128 Å². The number of rotatable bonds is 4. The minimum Gasteiger partial charge on any atom is -0.480 e. The summed E-state index contributed by atoms with van der Waals surface area (Å²) in [5.74, 6) is -0.552. The van der Waals surface area contributed by atoms with Crippen molar-refractivity contribution in [2.24, 2.45) is 0 Å². The molecule has 0 radical (unpaired) electrons. The fourth-order valence-electron chi connectivity index (χ4n) is 2.91. The van der Waals surface area contributed by atoms with Crippen LogP contribution in [0, 0.1) is 6.92 Å². The summed E-state index contributed by atoms with van der Waals surface area (Å²) in [5, 5.41) is 10.2. The number of nitrogens with one attached hydrogen (secondary N) is 1. The van der Waals surface area contributed by atoms with Gasteiger partial charge in [0.2, 0.25) is 0 Å². The van der Waals surface area contributed by atoms with E-state index in [9.17, 15) is 9.90 Å². The Kier molecular flexibility index (Phi) is 3.51. The van der Waals surface area contributed by atoms with Gasteiger partial charge in [0.15, 0.2) is 5.41 Å². The molecule has 1 heterocycles. The molecular formula is C18H16N2O2. The molecule has 4 nitrogen and oxygen atoms in total. The molecule has 2 N–H and O–H groups in total. The van der Waals surface area contributed by atoms with Gasteiger partial charge >= 0.3 is 5.97 Å². The van der Waals surface area contributed by atoms with Crippen molar-refractivity contribution in [1.82, 2.24) is 9.97 Å². The number of aryl methyl sites for hydroxylation is 1. The van der Waals surface area contributed by atoms with Crippen LogP contribution in [0.3, 0.4) is 0 Å². The fourth-order valence-corrected chi connectivity index (χ4v) is 2.91. The van der Waals surface area contributed by atoms with Gasteiger partial charge in [-0.2, -0.15) is 0 Å². The van der Waals surface area contributed by atoms with Gasteiger partial charge in [0.1, 0.15) is 5.82 Å². The molecule has 0 aliphatic carbocycles. The summed E-state index contributed by atoms with van der Waals surface area (Å²) in [6, 6.07) is 16.7. The van der Waals surface area contributed by atoms with E-state index in [0.717, 1.165) is 5.56 Å². The number of carboxylic acids is 1. The summed E-state index contributed by atoms with van der Waals surface area (Å²) in [6.45, 7) is 1.92. The predicted octanol–water partition coefficient (Wildman–Crippen LogP) is 3.14. The van der Waals surface area contributed by atoms with E-state index in [-0.39, 0.29) is 0 Å². The average molecular weight is 292 g/mol. The van der Waals surface area contributed by atoms with Gasteiger partial charge in [0, 0.05) is 12.4 Å². The molecule has 1 aromatic heterocycles. The van der Waals surface area contributed by atoms with Crippen LogP contribution in [0.5, 0.6) is 0 Å². The number of aromatic nitrogens is 2. The molecule has 0 amide bonds. The Hall–Kier alpha value is -2.88. The topological polar surface area (TPSA) is 66.0 Å². The summed E-state index contributed by atoms with van der Waals surface area (Å²) in [5.41, 5.74) is 0.941. The van der Waals surface area contributed by atoms with Crippen LogP contribution >= 0.6 is 0 Å². The molecule has 0 aliphatic rings. The van der Waals surface area contributed by atoms with Crippen molar-refractivity contribution in [2.75, 3.05) is 0 Å². The van der Waals surface area contributed by atoms with E-state index >= 15 is 0 Å². The number of H-pyrrole nitrogens is 1. The molecule has 110 valence electrons. The number of imidazole rings is 1. The third-order valence-corrected chi connectivity index (χ3v) is 3.93. The highest BCUT2D eigenvalue weighted by Gasteiger charge is 2.47. The monoisotopic (exact) mass is 292 g/mol. The van der Waals surface area contributed by atoms with E-state index in [4.69, 9.17) is 0 Å². The lowest BCUT2D eigenvalue weighted by Crippen LogP contribution is -2.40. The van der Waals surface area contributed by atoms with Crippen LogP contribution in [0.15, 0.2) is 67.0 Å². The highest BCUT2D eigenvalue weighted by molar-refractivity contribution is 5.90. The number of hydrogen-bond donors (Lipinski definition) is 2. The summed E-state index contributed by atoms with van der Waals surface area (Å²) >= 11 is 0. The fraction of sp³-hybridized carbons (Fsp3) is 0.111. The van der Waals surface area contributed by atoms with Gasteiger partial charge in [-0.15, -0.1) is 0 Å². The van der Waals surface area contributed by atoms with Gasteiger partial charge in [0.05, 0.1) is 0 Å². The van der Waals surface area contributed by atoms with E-state index in [1.807, 2.05) is 61.5 Å². The smallest absolute Gasteiger partial charge is 0.326 e. The van der Waals surface area contributed by atoms with E-state index in [0.29, 0.717) is 17.0 Å². The van der Waals surface area contributed by atoms with Crippen LogP contribution in [0.25, 0.3) is 0 Å². The van der Waals surface area contributed by atoms with Gasteiger partial charge in [0.25, 0.3) is 0 Å². The lowest BCUT2D eigenvalue weighted by Gasteiger charge is -2.30. The van der Waals surface area contributed by atoms with Crippen molar-refractivity contribution >= 4 is 5.97 Å². The molecule has 0 saturated heterocycles. The lowest BCUT2D eigenvalue weighted by atomic mass is 9.72. The molecule has 2 aromatic carbocycles. The van der Waals surface area contributed by atoms with Crippen molar-refractivity contribution < 1.29 is 9.90 Å². The normalized spacial score (nSPS) is 13.5. The van der Waals surface area contributed by atoms with Crippen molar-refractivity contribution in [3.63, 3.8) is 0 Å². The van der Waals surface area contributed by atoms with Gasteiger partial charge < -0.3 is 10.1 Å². The number of aliphatic carboxylic acids is 1.